The first-order valence-electron chi connectivity index (χ1n) is 27.6. The second-order valence-corrected chi connectivity index (χ2v) is 22.7. The van der Waals surface area contributed by atoms with Gasteiger partial charge >= 0.3 is 0 Å². The SMILES string of the molecule is Cc1ccc(NC(=O)c2ccc(CN3CCN(C(=O)CCCCCCCCCC(=O)N[C@H](C(=O)N4CC(O)CC4C(=O)NCc4ccc(-c5scnc5C)cc4)C(C)(C)C)CC3)cc2)cc1Nc1nccc(-c2cccnc2)n1. The lowest BCUT2D eigenvalue weighted by Gasteiger charge is -2.35. The van der Waals surface area contributed by atoms with Gasteiger partial charge in [-0.1, -0.05) is 95.3 Å². The number of pyridine rings is 1. The summed E-state index contributed by atoms with van der Waals surface area (Å²) >= 11 is 1.58. The van der Waals surface area contributed by atoms with E-state index in [1.54, 1.807) is 29.9 Å². The fraction of sp³-hybridized carbons (Fsp3) is 0.426. The van der Waals surface area contributed by atoms with E-state index >= 15 is 0 Å². The van der Waals surface area contributed by atoms with E-state index in [4.69, 9.17) is 0 Å². The highest BCUT2D eigenvalue weighted by atomic mass is 32.1. The van der Waals surface area contributed by atoms with E-state index in [9.17, 15) is 29.1 Å². The molecule has 3 atom stereocenters. The molecule has 2 aliphatic rings. The zero-order valence-corrected chi connectivity index (χ0v) is 47.0. The van der Waals surface area contributed by atoms with Crippen molar-refractivity contribution in [3.05, 3.63) is 137 Å². The van der Waals surface area contributed by atoms with Gasteiger partial charge in [-0.3, -0.25) is 33.9 Å². The van der Waals surface area contributed by atoms with Crippen LogP contribution in [0, 0.1) is 19.3 Å². The summed E-state index contributed by atoms with van der Waals surface area (Å²) in [4.78, 5) is 91.6. The lowest BCUT2D eigenvalue weighted by molar-refractivity contribution is -0.144. The van der Waals surface area contributed by atoms with Crippen LogP contribution in [-0.4, -0.2) is 120 Å². The predicted octanol–water partition coefficient (Wildman–Crippen LogP) is 9.24. The summed E-state index contributed by atoms with van der Waals surface area (Å²) in [6.07, 6.45) is 11.7. The number of carbonyl (C=O) groups excluding carboxylic acids is 5. The van der Waals surface area contributed by atoms with E-state index in [0.717, 1.165) is 108 Å². The van der Waals surface area contributed by atoms with E-state index in [1.165, 1.54) is 4.90 Å². The number of aromatic nitrogens is 4. The third-order valence-corrected chi connectivity index (χ3v) is 15.7. The van der Waals surface area contributed by atoms with Crippen molar-refractivity contribution < 1.29 is 29.1 Å². The first-order chi connectivity index (χ1) is 38.1. The normalized spacial score (nSPS) is 16.1. The first-order valence-corrected chi connectivity index (χ1v) is 28.5. The Kier molecular flexibility index (Phi) is 20.1. The number of thiazole rings is 1. The third-order valence-electron chi connectivity index (χ3n) is 14.7. The molecule has 5 N–H and O–H groups in total. The Bertz CT molecular complexity index is 3010. The van der Waals surface area contributed by atoms with Gasteiger partial charge < -0.3 is 36.2 Å². The van der Waals surface area contributed by atoms with Crippen LogP contribution in [-0.2, 0) is 32.3 Å². The van der Waals surface area contributed by atoms with Gasteiger partial charge in [0, 0.05) is 106 Å². The summed E-state index contributed by atoms with van der Waals surface area (Å²) in [5.74, 6) is -0.479. The Labute approximate surface area is 468 Å². The van der Waals surface area contributed by atoms with Gasteiger partial charge in [0.25, 0.3) is 5.91 Å². The molecular formula is C61H75N11O6S. The molecule has 0 aliphatic carbocycles. The number of hydrogen-bond donors (Lipinski definition) is 5. The van der Waals surface area contributed by atoms with Crippen LogP contribution in [0.3, 0.4) is 0 Å². The van der Waals surface area contributed by atoms with Crippen LogP contribution in [0.4, 0.5) is 17.3 Å². The van der Waals surface area contributed by atoms with Crippen LogP contribution in [0.15, 0.2) is 109 Å². The van der Waals surface area contributed by atoms with Gasteiger partial charge in [0.2, 0.25) is 29.6 Å². The molecule has 2 fully saturated rings. The molecule has 0 bridgehead atoms. The number of likely N-dealkylation sites (tertiary alicyclic amines) is 1. The molecule has 0 radical (unpaired) electrons. The number of unbranched alkanes of at least 4 members (excludes halogenated alkanes) is 6. The molecular weight excluding hydrogens is 1010 g/mol. The van der Waals surface area contributed by atoms with Gasteiger partial charge in [0.15, 0.2) is 0 Å². The van der Waals surface area contributed by atoms with Gasteiger partial charge in [-0.05, 0) is 96.8 Å². The van der Waals surface area contributed by atoms with Crippen molar-refractivity contribution in [3.8, 4) is 21.7 Å². The Morgan fingerprint density at radius 2 is 1.49 bits per heavy atom. The molecule has 18 heteroatoms. The number of hydrogen-bond acceptors (Lipinski definition) is 13. The second-order valence-electron chi connectivity index (χ2n) is 21.9. The van der Waals surface area contributed by atoms with Gasteiger partial charge in [0.05, 0.1) is 27.9 Å². The zero-order chi connectivity index (χ0) is 55.9. The average Bonchev–Trinajstić information content (AvgIpc) is 4.08. The van der Waals surface area contributed by atoms with Gasteiger partial charge in [-0.15, -0.1) is 11.3 Å². The molecule has 5 heterocycles. The van der Waals surface area contributed by atoms with E-state index in [-0.39, 0.29) is 49.0 Å². The first kappa shape index (κ1) is 57.8. The Hall–Kier alpha value is -7.41. The molecule has 3 aromatic carbocycles. The lowest BCUT2D eigenvalue weighted by Crippen LogP contribution is -2.57. The van der Waals surface area contributed by atoms with Crippen molar-refractivity contribution in [2.24, 2.45) is 5.41 Å². The summed E-state index contributed by atoms with van der Waals surface area (Å²) in [6.45, 7) is 13.6. The van der Waals surface area contributed by atoms with Gasteiger partial charge in [-0.25, -0.2) is 15.0 Å². The summed E-state index contributed by atoms with van der Waals surface area (Å²) in [6, 6.07) is 25.2. The molecule has 2 aliphatic heterocycles. The molecule has 2 unspecified atom stereocenters. The molecule has 0 spiro atoms. The monoisotopic (exact) mass is 1090 g/mol. The van der Waals surface area contributed by atoms with Gasteiger partial charge in [0.1, 0.15) is 12.1 Å². The molecule has 416 valence electrons. The highest BCUT2D eigenvalue weighted by molar-refractivity contribution is 7.13. The number of aliphatic hydroxyl groups is 1. The summed E-state index contributed by atoms with van der Waals surface area (Å²) in [7, 11) is 0. The second kappa shape index (κ2) is 27.5. The fourth-order valence-corrected chi connectivity index (χ4v) is 10.9. The number of aryl methyl sites for hydroxylation is 2. The number of anilines is 3. The number of piperazine rings is 1. The largest absolute Gasteiger partial charge is 0.391 e. The molecule has 0 saturated carbocycles. The number of amides is 5. The number of nitrogens with zero attached hydrogens (tertiary/aromatic N) is 7. The molecule has 3 aromatic heterocycles. The quantitative estimate of drug-likeness (QED) is 0.0380. The van der Waals surface area contributed by atoms with Crippen molar-refractivity contribution in [1.29, 1.82) is 0 Å². The minimum absolute atomic E-state index is 0.0252. The minimum Gasteiger partial charge on any atom is -0.391 e. The van der Waals surface area contributed by atoms with Crippen LogP contribution >= 0.6 is 11.3 Å². The van der Waals surface area contributed by atoms with Crippen molar-refractivity contribution in [2.75, 3.05) is 43.4 Å². The van der Waals surface area contributed by atoms with E-state index in [2.05, 4.69) is 46.1 Å². The summed E-state index contributed by atoms with van der Waals surface area (Å²) in [5, 5.41) is 22.9. The number of nitrogens with one attached hydrogen (secondary N) is 4. The van der Waals surface area contributed by atoms with Crippen LogP contribution in [0.1, 0.15) is 118 Å². The van der Waals surface area contributed by atoms with Crippen molar-refractivity contribution >= 4 is 58.2 Å². The third kappa shape index (κ3) is 16.3. The highest BCUT2D eigenvalue weighted by Gasteiger charge is 2.44. The maximum atomic E-state index is 14.1. The van der Waals surface area contributed by atoms with E-state index in [1.807, 2.05) is 130 Å². The predicted molar refractivity (Wildman–Crippen MR) is 309 cm³/mol. The molecule has 79 heavy (non-hydrogen) atoms. The lowest BCUT2D eigenvalue weighted by atomic mass is 9.85. The number of rotatable bonds is 23. The van der Waals surface area contributed by atoms with E-state index < -0.39 is 23.6 Å². The van der Waals surface area contributed by atoms with Crippen LogP contribution < -0.4 is 21.3 Å². The van der Waals surface area contributed by atoms with Gasteiger partial charge in [-0.2, -0.15) is 0 Å². The summed E-state index contributed by atoms with van der Waals surface area (Å²) in [5.41, 5.74) is 9.84. The number of carbonyl (C=O) groups is 5. The van der Waals surface area contributed by atoms with Crippen molar-refractivity contribution in [3.63, 3.8) is 0 Å². The number of β-amino-alcohol motifs (C(OH)–C–C–N with tert-alkyl or cyclic N) is 1. The zero-order valence-electron chi connectivity index (χ0n) is 46.2. The maximum Gasteiger partial charge on any atom is 0.255 e. The standard InChI is InChI=1S/C61H75N11O6S/c1-41-17-26-48(34-51(41)68-60-63-29-27-50(67-60)47-14-13-28-62-37-47)66-57(76)46-24-20-44(21-25-46)38-70-30-32-71(33-31-70)54(75)16-12-10-8-6-7-9-11-15-53(74)69-56(61(3,4)5)59(78)72-39-49(73)35-52(72)58(77)64-36-43-18-22-45(23-19-43)55-42(2)65-40-79-55/h13-14,17-29,34,37,40,49,52,56,73H,6-12,15-16,30-33,35-36,38-39H2,1-5H3,(H,64,77)(H,66,76)(H,69,74)(H,63,67,68)/t49?,52?,56-/m1/s1. The Morgan fingerprint density at radius 1 is 0.785 bits per heavy atom. The highest BCUT2D eigenvalue weighted by Crippen LogP contribution is 2.30. The van der Waals surface area contributed by atoms with Crippen molar-refractivity contribution in [2.45, 2.75) is 130 Å². The molecule has 6 aromatic rings. The average molecular weight is 1090 g/mol. The molecule has 2 saturated heterocycles. The minimum atomic E-state index is -0.862. The smallest absolute Gasteiger partial charge is 0.255 e. The molecule has 5 amide bonds. The van der Waals surface area contributed by atoms with Crippen LogP contribution in [0.25, 0.3) is 21.7 Å². The number of benzene rings is 3. The Morgan fingerprint density at radius 3 is 2.18 bits per heavy atom. The van der Waals surface area contributed by atoms with Crippen molar-refractivity contribution in [1.82, 2.24) is 45.3 Å². The molecule has 8 rings (SSSR count). The van der Waals surface area contributed by atoms with Crippen LogP contribution in [0.5, 0.6) is 0 Å². The summed E-state index contributed by atoms with van der Waals surface area (Å²) < 4.78 is 0. The number of aliphatic hydroxyl groups excluding tert-OH is 1. The Balaban J connectivity index is 0.675. The van der Waals surface area contributed by atoms with Crippen LogP contribution in [0.2, 0.25) is 0 Å². The van der Waals surface area contributed by atoms with E-state index in [0.29, 0.717) is 49.6 Å². The maximum absolute atomic E-state index is 14.1. The fourth-order valence-electron chi connectivity index (χ4n) is 10.0. The molecule has 17 nitrogen and oxygen atoms in total. The topological polar surface area (TPSA) is 215 Å².